The predicted molar refractivity (Wildman–Crippen MR) is 111 cm³/mol. The minimum absolute atomic E-state index is 0.210. The number of amides is 1. The third kappa shape index (κ3) is 5.86. The lowest BCUT2D eigenvalue weighted by atomic mass is 10.2. The Bertz CT molecular complexity index is 1040. The minimum Gasteiger partial charge on any atom is -0.473 e. The van der Waals surface area contributed by atoms with Crippen molar-refractivity contribution in [3.8, 4) is 5.88 Å². The highest BCUT2D eigenvalue weighted by Crippen LogP contribution is 2.19. The molecule has 2 heterocycles. The van der Waals surface area contributed by atoms with Gasteiger partial charge in [0.25, 0.3) is 10.0 Å². The molecule has 7 nitrogen and oxygen atoms in total. The first-order valence-corrected chi connectivity index (χ1v) is 11.2. The van der Waals surface area contributed by atoms with E-state index >= 15 is 0 Å². The van der Waals surface area contributed by atoms with E-state index in [0.717, 1.165) is 26.8 Å². The third-order valence-corrected chi connectivity index (χ3v) is 7.22. The standard InChI is InChI=1S/C20H21N3O4S2/c1-23(29(25,26)20-8-5-11-28-20)14-18(24)22-13-17-9-10-21-19(12-17)27-15-16-6-3-2-4-7-16/h2-12H,13-15H2,1H3,(H,22,24). The summed E-state index contributed by atoms with van der Waals surface area (Å²) >= 11 is 1.12. The molecule has 3 rings (SSSR count). The molecule has 1 N–H and O–H groups in total. The number of hydrogen-bond acceptors (Lipinski definition) is 6. The Morgan fingerprint density at radius 3 is 2.66 bits per heavy atom. The average Bonchev–Trinajstić information content (AvgIpc) is 3.28. The smallest absolute Gasteiger partial charge is 0.252 e. The summed E-state index contributed by atoms with van der Waals surface area (Å²) in [5, 5.41) is 4.41. The highest BCUT2D eigenvalue weighted by molar-refractivity contribution is 7.91. The molecule has 0 saturated heterocycles. The molecular weight excluding hydrogens is 410 g/mol. The molecule has 3 aromatic rings. The van der Waals surface area contributed by atoms with Gasteiger partial charge in [-0.05, 0) is 28.6 Å². The second-order valence-corrected chi connectivity index (χ2v) is 9.47. The van der Waals surface area contributed by atoms with Crippen LogP contribution in [0, 0.1) is 0 Å². The largest absolute Gasteiger partial charge is 0.473 e. The molecule has 0 saturated carbocycles. The van der Waals surface area contributed by atoms with Crippen LogP contribution in [0.3, 0.4) is 0 Å². The van der Waals surface area contributed by atoms with Crippen LogP contribution in [0.1, 0.15) is 11.1 Å². The first-order valence-electron chi connectivity index (χ1n) is 8.83. The molecule has 1 aromatic carbocycles. The number of carbonyl (C=O) groups is 1. The van der Waals surface area contributed by atoms with Crippen molar-refractivity contribution in [3.63, 3.8) is 0 Å². The van der Waals surface area contributed by atoms with E-state index in [1.807, 2.05) is 30.3 Å². The van der Waals surface area contributed by atoms with E-state index in [0.29, 0.717) is 12.5 Å². The second-order valence-electron chi connectivity index (χ2n) is 6.25. The fourth-order valence-corrected chi connectivity index (χ4v) is 4.81. The van der Waals surface area contributed by atoms with Gasteiger partial charge in [-0.15, -0.1) is 11.3 Å². The van der Waals surface area contributed by atoms with Crippen molar-refractivity contribution in [1.29, 1.82) is 0 Å². The van der Waals surface area contributed by atoms with E-state index in [-0.39, 0.29) is 17.3 Å². The fraction of sp³-hybridized carbons (Fsp3) is 0.200. The van der Waals surface area contributed by atoms with Crippen molar-refractivity contribution >= 4 is 27.3 Å². The van der Waals surface area contributed by atoms with Gasteiger partial charge >= 0.3 is 0 Å². The summed E-state index contributed by atoms with van der Waals surface area (Å²) in [6.07, 6.45) is 1.61. The van der Waals surface area contributed by atoms with Gasteiger partial charge in [-0.2, -0.15) is 4.31 Å². The monoisotopic (exact) mass is 431 g/mol. The van der Waals surface area contributed by atoms with Crippen molar-refractivity contribution < 1.29 is 17.9 Å². The number of nitrogens with zero attached hydrogens (tertiary/aromatic N) is 2. The van der Waals surface area contributed by atoms with E-state index < -0.39 is 15.9 Å². The number of sulfonamides is 1. The number of hydrogen-bond donors (Lipinski definition) is 1. The molecule has 0 aliphatic rings. The van der Waals surface area contributed by atoms with Crippen LogP contribution in [0.15, 0.2) is 70.4 Å². The van der Waals surface area contributed by atoms with Crippen molar-refractivity contribution in [2.24, 2.45) is 0 Å². The summed E-state index contributed by atoms with van der Waals surface area (Å²) < 4.78 is 31.7. The normalized spacial score (nSPS) is 11.4. The summed E-state index contributed by atoms with van der Waals surface area (Å²) in [5.41, 5.74) is 1.84. The van der Waals surface area contributed by atoms with Crippen molar-refractivity contribution in [2.75, 3.05) is 13.6 Å². The number of ether oxygens (including phenoxy) is 1. The number of likely N-dealkylation sites (N-methyl/N-ethyl adjacent to an activating group) is 1. The molecule has 0 bridgehead atoms. The number of thiophene rings is 1. The van der Waals surface area contributed by atoms with Crippen LogP contribution in [0.4, 0.5) is 0 Å². The molecule has 0 aliphatic carbocycles. The van der Waals surface area contributed by atoms with Crippen LogP contribution in [-0.4, -0.2) is 37.2 Å². The van der Waals surface area contributed by atoms with Gasteiger partial charge < -0.3 is 10.1 Å². The summed E-state index contributed by atoms with van der Waals surface area (Å²) in [5.74, 6) is 0.0641. The van der Waals surface area contributed by atoms with Crippen LogP contribution in [0.25, 0.3) is 0 Å². The van der Waals surface area contributed by atoms with Crippen LogP contribution in [-0.2, 0) is 28.0 Å². The van der Waals surface area contributed by atoms with Gasteiger partial charge in [0, 0.05) is 25.9 Å². The quantitative estimate of drug-likeness (QED) is 0.563. The first-order chi connectivity index (χ1) is 13.9. The van der Waals surface area contributed by atoms with Gasteiger partial charge in [0.15, 0.2) is 0 Å². The Labute approximate surface area is 174 Å². The minimum atomic E-state index is -3.65. The van der Waals surface area contributed by atoms with Crippen molar-refractivity contribution in [2.45, 2.75) is 17.4 Å². The van der Waals surface area contributed by atoms with Gasteiger partial charge in [-0.3, -0.25) is 4.79 Å². The molecule has 0 unspecified atom stereocenters. The maximum atomic E-state index is 12.4. The van der Waals surface area contributed by atoms with Gasteiger partial charge in [0.05, 0.1) is 6.54 Å². The highest BCUT2D eigenvalue weighted by atomic mass is 32.2. The molecule has 0 fully saturated rings. The van der Waals surface area contributed by atoms with Crippen molar-refractivity contribution in [1.82, 2.24) is 14.6 Å². The number of rotatable bonds is 9. The Hall–Kier alpha value is -2.75. The summed E-state index contributed by atoms with van der Waals surface area (Å²) in [4.78, 5) is 16.3. The topological polar surface area (TPSA) is 88.6 Å². The summed E-state index contributed by atoms with van der Waals surface area (Å²) in [6.45, 7) is 0.383. The van der Waals surface area contributed by atoms with Gasteiger partial charge in [-0.1, -0.05) is 36.4 Å². The lowest BCUT2D eigenvalue weighted by Crippen LogP contribution is -2.37. The zero-order valence-electron chi connectivity index (χ0n) is 15.8. The summed E-state index contributed by atoms with van der Waals surface area (Å²) in [6, 6.07) is 16.4. The maximum Gasteiger partial charge on any atom is 0.252 e. The molecule has 1 amide bonds. The van der Waals surface area contributed by atoms with E-state index in [4.69, 9.17) is 4.74 Å². The van der Waals surface area contributed by atoms with Gasteiger partial charge in [0.2, 0.25) is 11.8 Å². The van der Waals surface area contributed by atoms with E-state index in [9.17, 15) is 13.2 Å². The maximum absolute atomic E-state index is 12.4. The van der Waals surface area contributed by atoms with Crippen LogP contribution in [0.5, 0.6) is 5.88 Å². The molecular formula is C20H21N3O4S2. The lowest BCUT2D eigenvalue weighted by molar-refractivity contribution is -0.121. The van der Waals surface area contributed by atoms with Crippen LogP contribution < -0.4 is 10.1 Å². The molecule has 9 heteroatoms. The summed E-state index contributed by atoms with van der Waals surface area (Å²) in [7, 11) is -2.27. The van der Waals surface area contributed by atoms with E-state index in [1.54, 1.807) is 29.8 Å². The van der Waals surface area contributed by atoms with E-state index in [1.165, 1.54) is 13.1 Å². The lowest BCUT2D eigenvalue weighted by Gasteiger charge is -2.15. The Morgan fingerprint density at radius 2 is 1.93 bits per heavy atom. The SMILES string of the molecule is CN(CC(=O)NCc1ccnc(OCc2ccccc2)c1)S(=O)(=O)c1cccs1. The van der Waals surface area contributed by atoms with Gasteiger partial charge in [0.1, 0.15) is 10.8 Å². The third-order valence-electron chi connectivity index (χ3n) is 4.04. The first kappa shape index (κ1) is 21.0. The zero-order chi connectivity index (χ0) is 20.7. The number of aromatic nitrogens is 1. The Morgan fingerprint density at radius 1 is 1.14 bits per heavy atom. The van der Waals surface area contributed by atoms with Crippen LogP contribution >= 0.6 is 11.3 Å². The van der Waals surface area contributed by atoms with Gasteiger partial charge in [-0.25, -0.2) is 13.4 Å². The molecule has 2 aromatic heterocycles. The highest BCUT2D eigenvalue weighted by Gasteiger charge is 2.23. The Balaban J connectivity index is 1.51. The van der Waals surface area contributed by atoms with Crippen molar-refractivity contribution in [3.05, 3.63) is 77.3 Å². The molecule has 0 radical (unpaired) electrons. The number of pyridine rings is 1. The predicted octanol–water partition coefficient (Wildman–Crippen LogP) is 2.66. The molecule has 152 valence electrons. The number of carbonyl (C=O) groups excluding carboxylic acids is 1. The fourth-order valence-electron chi connectivity index (χ4n) is 2.48. The van der Waals surface area contributed by atoms with E-state index in [2.05, 4.69) is 10.3 Å². The molecule has 0 spiro atoms. The number of benzene rings is 1. The molecule has 29 heavy (non-hydrogen) atoms. The number of nitrogens with one attached hydrogen (secondary N) is 1. The Kier molecular flexibility index (Phi) is 6.97. The second kappa shape index (κ2) is 9.64. The molecule has 0 aliphatic heterocycles. The zero-order valence-corrected chi connectivity index (χ0v) is 17.4. The molecule has 0 atom stereocenters. The average molecular weight is 432 g/mol. The van der Waals surface area contributed by atoms with Crippen LogP contribution in [0.2, 0.25) is 0 Å².